The molecule has 22 heavy (non-hydrogen) atoms. The molecular formula is C18H27ClN2O. The Balaban J connectivity index is 1.81. The monoisotopic (exact) mass is 322 g/mol. The molecular weight excluding hydrogens is 296 g/mol. The van der Waals surface area contributed by atoms with Gasteiger partial charge in [0.25, 0.3) is 0 Å². The van der Waals surface area contributed by atoms with Crippen LogP contribution in [0, 0.1) is 5.92 Å². The first-order valence-electron chi connectivity index (χ1n) is 8.55. The van der Waals surface area contributed by atoms with E-state index in [2.05, 4.69) is 17.0 Å². The highest BCUT2D eigenvalue weighted by Crippen LogP contribution is 2.38. The fourth-order valence-corrected chi connectivity index (χ4v) is 4.34. The average Bonchev–Trinajstić information content (AvgIpc) is 2.91. The van der Waals surface area contributed by atoms with Crippen molar-refractivity contribution in [3.05, 3.63) is 34.9 Å². The third-order valence-corrected chi connectivity index (χ3v) is 5.57. The number of rotatable bonds is 4. The van der Waals surface area contributed by atoms with Gasteiger partial charge in [-0.1, -0.05) is 36.6 Å². The van der Waals surface area contributed by atoms with Gasteiger partial charge in [-0.15, -0.1) is 0 Å². The number of aliphatic hydroxyl groups excluding tert-OH is 1. The van der Waals surface area contributed by atoms with Crippen LogP contribution in [0.3, 0.4) is 0 Å². The Morgan fingerprint density at radius 1 is 1.27 bits per heavy atom. The maximum absolute atomic E-state index is 10.5. The zero-order chi connectivity index (χ0) is 15.5. The molecule has 0 radical (unpaired) electrons. The minimum Gasteiger partial charge on any atom is -0.393 e. The van der Waals surface area contributed by atoms with Crippen molar-refractivity contribution in [3.63, 3.8) is 0 Å². The molecule has 122 valence electrons. The minimum atomic E-state index is -0.186. The first-order chi connectivity index (χ1) is 10.6. The van der Waals surface area contributed by atoms with Gasteiger partial charge in [-0.05, 0) is 49.4 Å². The van der Waals surface area contributed by atoms with E-state index in [-0.39, 0.29) is 6.10 Å². The van der Waals surface area contributed by atoms with E-state index in [0.717, 1.165) is 50.3 Å². The van der Waals surface area contributed by atoms with Gasteiger partial charge in [0.2, 0.25) is 0 Å². The van der Waals surface area contributed by atoms with Crippen molar-refractivity contribution in [3.8, 4) is 0 Å². The molecule has 1 aromatic rings. The summed E-state index contributed by atoms with van der Waals surface area (Å²) in [6, 6.07) is 8.48. The molecule has 2 aliphatic rings. The van der Waals surface area contributed by atoms with Crippen molar-refractivity contribution < 1.29 is 5.11 Å². The Labute approximate surface area is 138 Å². The number of nitrogens with two attached hydrogens (primary N) is 1. The second-order valence-corrected chi connectivity index (χ2v) is 7.42. The fraction of sp³-hybridized carbons (Fsp3) is 0.667. The molecule has 1 aromatic carbocycles. The highest BCUT2D eigenvalue weighted by Gasteiger charge is 2.34. The summed E-state index contributed by atoms with van der Waals surface area (Å²) in [6.07, 6.45) is 5.30. The average molecular weight is 323 g/mol. The van der Waals surface area contributed by atoms with Crippen molar-refractivity contribution in [1.82, 2.24) is 4.90 Å². The molecule has 3 rings (SSSR count). The summed E-state index contributed by atoms with van der Waals surface area (Å²) in [4.78, 5) is 2.46. The van der Waals surface area contributed by atoms with Crippen molar-refractivity contribution in [2.75, 3.05) is 19.6 Å². The molecule has 3 nitrogen and oxygen atoms in total. The van der Waals surface area contributed by atoms with Crippen LogP contribution in [0.2, 0.25) is 5.02 Å². The minimum absolute atomic E-state index is 0.186. The molecule has 0 bridgehead atoms. The molecule has 1 heterocycles. The number of benzene rings is 1. The van der Waals surface area contributed by atoms with Crippen molar-refractivity contribution in [2.24, 2.45) is 11.7 Å². The standard InChI is InChI=1S/C18H27ClN2O/c19-14-5-3-4-13(10-14)17(12-21-9-8-15(20)11-21)16-6-1-2-7-18(16)22/h3-5,10,15-18,22H,1-2,6-9,11-12,20H2/t15-,16?,17+,18?/m0/s1. The first kappa shape index (κ1) is 16.3. The van der Waals surface area contributed by atoms with Crippen molar-refractivity contribution in [2.45, 2.75) is 50.2 Å². The van der Waals surface area contributed by atoms with Crippen LogP contribution in [0.15, 0.2) is 24.3 Å². The van der Waals surface area contributed by atoms with Gasteiger partial charge in [0, 0.05) is 30.1 Å². The van der Waals surface area contributed by atoms with Crippen LogP contribution in [0.5, 0.6) is 0 Å². The molecule has 1 aliphatic carbocycles. The lowest BCUT2D eigenvalue weighted by Crippen LogP contribution is -2.37. The molecule has 1 aliphatic heterocycles. The van der Waals surface area contributed by atoms with Gasteiger partial charge < -0.3 is 15.7 Å². The molecule has 4 atom stereocenters. The fourth-order valence-electron chi connectivity index (χ4n) is 4.14. The van der Waals surface area contributed by atoms with Crippen LogP contribution >= 0.6 is 11.6 Å². The number of nitrogens with zero attached hydrogens (tertiary/aromatic N) is 1. The highest BCUT2D eigenvalue weighted by molar-refractivity contribution is 6.30. The third-order valence-electron chi connectivity index (χ3n) is 5.34. The summed E-state index contributed by atoms with van der Waals surface area (Å²) >= 11 is 6.21. The predicted molar refractivity (Wildman–Crippen MR) is 91.2 cm³/mol. The molecule has 1 saturated heterocycles. The van der Waals surface area contributed by atoms with E-state index in [0.29, 0.717) is 17.9 Å². The summed E-state index contributed by atoms with van der Waals surface area (Å²) in [5, 5.41) is 11.3. The van der Waals surface area contributed by atoms with Gasteiger partial charge in [0.1, 0.15) is 0 Å². The molecule has 2 unspecified atom stereocenters. The van der Waals surface area contributed by atoms with E-state index >= 15 is 0 Å². The Morgan fingerprint density at radius 3 is 2.77 bits per heavy atom. The van der Waals surface area contributed by atoms with Crippen LogP contribution in [0.4, 0.5) is 0 Å². The van der Waals surface area contributed by atoms with Crippen molar-refractivity contribution in [1.29, 1.82) is 0 Å². The lowest BCUT2D eigenvalue weighted by Gasteiger charge is -2.36. The predicted octanol–water partition coefficient (Wildman–Crippen LogP) is 3.01. The molecule has 3 N–H and O–H groups in total. The maximum Gasteiger partial charge on any atom is 0.0574 e. The van der Waals surface area contributed by atoms with Gasteiger partial charge in [-0.25, -0.2) is 0 Å². The molecule has 1 saturated carbocycles. The van der Waals surface area contributed by atoms with Crippen LogP contribution < -0.4 is 5.73 Å². The Morgan fingerprint density at radius 2 is 2.09 bits per heavy atom. The van der Waals surface area contributed by atoms with Gasteiger partial charge >= 0.3 is 0 Å². The quantitative estimate of drug-likeness (QED) is 0.896. The normalized spacial score (nSPS) is 31.3. The van der Waals surface area contributed by atoms with E-state index in [9.17, 15) is 5.11 Å². The van der Waals surface area contributed by atoms with Crippen LogP contribution in [0.1, 0.15) is 43.6 Å². The topological polar surface area (TPSA) is 49.5 Å². The molecule has 4 heteroatoms. The van der Waals surface area contributed by atoms with Crippen LogP contribution in [-0.4, -0.2) is 41.8 Å². The Kier molecular flexibility index (Phi) is 5.40. The zero-order valence-electron chi connectivity index (χ0n) is 13.1. The lowest BCUT2D eigenvalue weighted by molar-refractivity contribution is 0.0476. The van der Waals surface area contributed by atoms with Gasteiger partial charge in [0.15, 0.2) is 0 Å². The van der Waals surface area contributed by atoms with E-state index in [4.69, 9.17) is 17.3 Å². The summed E-state index contributed by atoms with van der Waals surface area (Å²) in [7, 11) is 0. The lowest BCUT2D eigenvalue weighted by atomic mass is 9.75. The maximum atomic E-state index is 10.5. The molecule has 0 aromatic heterocycles. The molecule has 0 spiro atoms. The number of hydrogen-bond acceptors (Lipinski definition) is 3. The summed E-state index contributed by atoms with van der Waals surface area (Å²) < 4.78 is 0. The summed E-state index contributed by atoms with van der Waals surface area (Å²) in [6.45, 7) is 3.02. The zero-order valence-corrected chi connectivity index (χ0v) is 13.9. The van der Waals surface area contributed by atoms with Gasteiger partial charge in [-0.3, -0.25) is 0 Å². The SMILES string of the molecule is N[C@H]1CCN(C[C@H](c2cccc(Cl)c2)C2CCCCC2O)C1. The van der Waals surface area contributed by atoms with E-state index in [1.807, 2.05) is 12.1 Å². The van der Waals surface area contributed by atoms with Gasteiger partial charge in [0.05, 0.1) is 6.10 Å². The van der Waals surface area contributed by atoms with E-state index in [1.165, 1.54) is 12.0 Å². The van der Waals surface area contributed by atoms with Crippen LogP contribution in [0.25, 0.3) is 0 Å². The number of hydrogen-bond donors (Lipinski definition) is 2. The summed E-state index contributed by atoms with van der Waals surface area (Å²) in [5.41, 5.74) is 7.32. The van der Waals surface area contributed by atoms with Crippen LogP contribution in [-0.2, 0) is 0 Å². The number of halogens is 1. The van der Waals surface area contributed by atoms with E-state index in [1.54, 1.807) is 0 Å². The number of aliphatic hydroxyl groups is 1. The Bertz CT molecular complexity index is 496. The highest BCUT2D eigenvalue weighted by atomic mass is 35.5. The van der Waals surface area contributed by atoms with E-state index < -0.39 is 0 Å². The largest absolute Gasteiger partial charge is 0.393 e. The summed E-state index contributed by atoms with van der Waals surface area (Å²) in [5.74, 6) is 0.684. The third kappa shape index (κ3) is 3.83. The van der Waals surface area contributed by atoms with Gasteiger partial charge in [-0.2, -0.15) is 0 Å². The molecule has 2 fully saturated rings. The second-order valence-electron chi connectivity index (χ2n) is 6.99. The number of likely N-dealkylation sites (tertiary alicyclic amines) is 1. The molecule has 0 amide bonds. The van der Waals surface area contributed by atoms with Crippen molar-refractivity contribution >= 4 is 11.6 Å². The second kappa shape index (κ2) is 7.31. The Hall–Kier alpha value is -0.610. The first-order valence-corrected chi connectivity index (χ1v) is 8.93. The smallest absolute Gasteiger partial charge is 0.0574 e.